The molecule has 2 amide bonds. The summed E-state index contributed by atoms with van der Waals surface area (Å²) in [4.78, 5) is 42.1. The third-order valence-electron chi connectivity index (χ3n) is 5.96. The zero-order valence-corrected chi connectivity index (χ0v) is 22.2. The Morgan fingerprint density at radius 3 is 2.41 bits per heavy atom. The van der Waals surface area contributed by atoms with Crippen LogP contribution in [0.2, 0.25) is 0 Å². The van der Waals surface area contributed by atoms with E-state index in [1.165, 1.54) is 6.92 Å². The minimum absolute atomic E-state index is 0.00474. The molecule has 13 heteroatoms. The minimum Gasteiger partial charge on any atom is -0.462 e. The highest BCUT2D eigenvalue weighted by Gasteiger charge is 2.36. The summed E-state index contributed by atoms with van der Waals surface area (Å²) in [5.41, 5.74) is 5.22. The lowest BCUT2D eigenvalue weighted by Crippen LogP contribution is -2.17. The second-order valence-electron chi connectivity index (χ2n) is 8.89. The van der Waals surface area contributed by atoms with Crippen LogP contribution in [0.25, 0.3) is 16.9 Å². The first-order valence-corrected chi connectivity index (χ1v) is 12.6. The summed E-state index contributed by atoms with van der Waals surface area (Å²) in [7, 11) is 0. The van der Waals surface area contributed by atoms with Gasteiger partial charge in [-0.25, -0.2) is 14.3 Å². The number of benzene rings is 1. The SMILES string of the molecule is CCOC(=O)c1c(NC(=O)c2cnn3c(C(F)(F)F)cc(-c4ccc(C(C)C)cc4)nc23)sc(C(N)=O)c1C. The maximum Gasteiger partial charge on any atom is 0.433 e. The molecule has 4 rings (SSSR count). The van der Waals surface area contributed by atoms with Crippen LogP contribution in [-0.2, 0) is 10.9 Å². The molecule has 0 saturated heterocycles. The van der Waals surface area contributed by atoms with Crippen LogP contribution in [0, 0.1) is 6.92 Å². The number of aromatic nitrogens is 3. The lowest BCUT2D eigenvalue weighted by molar-refractivity contribution is -0.142. The van der Waals surface area contributed by atoms with Crippen molar-refractivity contribution in [3.63, 3.8) is 0 Å². The number of alkyl halides is 3. The van der Waals surface area contributed by atoms with Gasteiger partial charge in [0.1, 0.15) is 10.6 Å². The molecule has 9 nitrogen and oxygen atoms in total. The van der Waals surface area contributed by atoms with Crippen LogP contribution < -0.4 is 11.1 Å². The molecule has 0 aliphatic rings. The Balaban J connectivity index is 1.82. The van der Waals surface area contributed by atoms with E-state index in [0.29, 0.717) is 10.1 Å². The Hall–Kier alpha value is -4.26. The monoisotopic (exact) mass is 559 g/mol. The number of rotatable bonds is 7. The Labute approximate surface area is 224 Å². The Bertz CT molecular complexity index is 1590. The van der Waals surface area contributed by atoms with Crippen molar-refractivity contribution in [2.45, 2.75) is 39.8 Å². The summed E-state index contributed by atoms with van der Waals surface area (Å²) in [5, 5.41) is 6.22. The van der Waals surface area contributed by atoms with Crippen molar-refractivity contribution >= 4 is 39.8 Å². The molecule has 0 atom stereocenters. The largest absolute Gasteiger partial charge is 0.462 e. The number of nitrogens with zero attached hydrogens (tertiary/aromatic N) is 3. The van der Waals surface area contributed by atoms with Crippen LogP contribution >= 0.6 is 11.3 Å². The molecule has 204 valence electrons. The maximum atomic E-state index is 14.0. The number of carbonyl (C=O) groups excluding carboxylic acids is 3. The average Bonchev–Trinajstić information content (AvgIpc) is 3.44. The van der Waals surface area contributed by atoms with E-state index < -0.39 is 29.7 Å². The predicted molar refractivity (Wildman–Crippen MR) is 139 cm³/mol. The molecule has 0 aliphatic heterocycles. The molecule has 3 heterocycles. The van der Waals surface area contributed by atoms with Crippen molar-refractivity contribution in [3.8, 4) is 11.3 Å². The van der Waals surface area contributed by atoms with E-state index in [4.69, 9.17) is 10.5 Å². The van der Waals surface area contributed by atoms with Gasteiger partial charge in [-0.15, -0.1) is 11.3 Å². The number of nitrogens with two attached hydrogens (primary N) is 1. The number of anilines is 1. The fourth-order valence-corrected chi connectivity index (χ4v) is 5.01. The third kappa shape index (κ3) is 5.35. The van der Waals surface area contributed by atoms with Gasteiger partial charge in [-0.05, 0) is 37.0 Å². The highest BCUT2D eigenvalue weighted by Crippen LogP contribution is 2.35. The van der Waals surface area contributed by atoms with Crippen LogP contribution in [0.5, 0.6) is 0 Å². The van der Waals surface area contributed by atoms with Crippen LogP contribution in [0.1, 0.15) is 73.9 Å². The Morgan fingerprint density at radius 2 is 1.85 bits per heavy atom. The molecule has 0 bridgehead atoms. The quantitative estimate of drug-likeness (QED) is 0.290. The van der Waals surface area contributed by atoms with Gasteiger partial charge in [-0.2, -0.15) is 18.3 Å². The number of nitrogens with one attached hydrogen (secondary N) is 1. The Morgan fingerprint density at radius 1 is 1.18 bits per heavy atom. The molecule has 1 aromatic carbocycles. The fraction of sp³-hybridized carbons (Fsp3) is 0.269. The van der Waals surface area contributed by atoms with Crippen LogP contribution in [0.3, 0.4) is 0 Å². The smallest absolute Gasteiger partial charge is 0.433 e. The molecule has 3 aromatic heterocycles. The normalized spacial score (nSPS) is 11.7. The molecular formula is C26H24F3N5O4S. The van der Waals surface area contributed by atoms with Crippen molar-refractivity contribution < 1.29 is 32.3 Å². The van der Waals surface area contributed by atoms with Gasteiger partial charge >= 0.3 is 12.1 Å². The van der Waals surface area contributed by atoms with Crippen molar-refractivity contribution in [2.24, 2.45) is 5.73 Å². The number of amides is 2. The van der Waals surface area contributed by atoms with E-state index in [9.17, 15) is 27.6 Å². The topological polar surface area (TPSA) is 129 Å². The molecule has 3 N–H and O–H groups in total. The van der Waals surface area contributed by atoms with Crippen LogP contribution in [0.4, 0.5) is 18.2 Å². The summed E-state index contributed by atoms with van der Waals surface area (Å²) in [6.45, 7) is 7.08. The van der Waals surface area contributed by atoms with Gasteiger partial charge in [0.05, 0.1) is 28.9 Å². The van der Waals surface area contributed by atoms with Crippen molar-refractivity contribution in [2.75, 3.05) is 11.9 Å². The number of thiophene rings is 1. The van der Waals surface area contributed by atoms with E-state index >= 15 is 0 Å². The van der Waals surface area contributed by atoms with E-state index in [1.54, 1.807) is 31.2 Å². The number of esters is 1. The zero-order chi connectivity index (χ0) is 28.6. The number of hydrogen-bond acceptors (Lipinski definition) is 7. The van der Waals surface area contributed by atoms with Crippen LogP contribution in [-0.4, -0.2) is 39.0 Å². The number of hydrogen-bond donors (Lipinski definition) is 2. The second kappa shape index (κ2) is 10.5. The molecule has 4 aromatic rings. The third-order valence-corrected chi connectivity index (χ3v) is 7.18. The molecular weight excluding hydrogens is 535 g/mol. The summed E-state index contributed by atoms with van der Waals surface area (Å²) in [6, 6.07) is 7.80. The Kier molecular flexibility index (Phi) is 7.46. The first-order chi connectivity index (χ1) is 18.3. The number of fused-ring (bicyclic) bond motifs is 1. The summed E-state index contributed by atoms with van der Waals surface area (Å²) in [5.74, 6) is -2.27. The van der Waals surface area contributed by atoms with Gasteiger partial charge in [-0.1, -0.05) is 38.1 Å². The predicted octanol–water partition coefficient (Wildman–Crippen LogP) is 5.44. The zero-order valence-electron chi connectivity index (χ0n) is 21.3. The summed E-state index contributed by atoms with van der Waals surface area (Å²) < 4.78 is 47.6. The number of carbonyl (C=O) groups is 3. The first kappa shape index (κ1) is 27.8. The van der Waals surface area contributed by atoms with Crippen LogP contribution in [0.15, 0.2) is 36.5 Å². The van der Waals surface area contributed by atoms with Gasteiger partial charge in [0.2, 0.25) is 0 Å². The lowest BCUT2D eigenvalue weighted by atomic mass is 10.0. The van der Waals surface area contributed by atoms with E-state index in [1.807, 2.05) is 13.8 Å². The van der Waals surface area contributed by atoms with E-state index in [2.05, 4.69) is 15.4 Å². The van der Waals surface area contributed by atoms with Gasteiger partial charge in [0, 0.05) is 5.56 Å². The molecule has 0 saturated carbocycles. The summed E-state index contributed by atoms with van der Waals surface area (Å²) >= 11 is 0.755. The van der Waals surface area contributed by atoms with Crippen molar-refractivity contribution in [3.05, 3.63) is 69.4 Å². The highest BCUT2D eigenvalue weighted by molar-refractivity contribution is 7.18. The second-order valence-corrected chi connectivity index (χ2v) is 9.91. The van der Waals surface area contributed by atoms with Gasteiger partial charge in [-0.3, -0.25) is 9.59 Å². The van der Waals surface area contributed by atoms with E-state index in [-0.39, 0.29) is 50.4 Å². The molecule has 39 heavy (non-hydrogen) atoms. The minimum atomic E-state index is -4.80. The number of primary amides is 1. The molecule has 0 radical (unpaired) electrons. The van der Waals surface area contributed by atoms with Gasteiger partial charge in [0.15, 0.2) is 11.3 Å². The molecule has 0 unspecified atom stereocenters. The van der Waals surface area contributed by atoms with Crippen molar-refractivity contribution in [1.29, 1.82) is 0 Å². The van der Waals surface area contributed by atoms with Gasteiger partial charge in [0.25, 0.3) is 11.8 Å². The standard InChI is InChI=1S/C26H24F3N5O4S/c1-5-38-25(37)19-13(4)20(21(30)35)39-24(19)33-23(36)16-11-31-34-18(26(27,28)29)10-17(32-22(16)34)15-8-6-14(7-9-15)12(2)3/h6-12H,5H2,1-4H3,(H2,30,35)(H,33,36). The van der Waals surface area contributed by atoms with E-state index in [0.717, 1.165) is 29.2 Å². The fourth-order valence-electron chi connectivity index (χ4n) is 3.97. The molecule has 0 fully saturated rings. The number of ether oxygens (including phenoxy) is 1. The lowest BCUT2D eigenvalue weighted by Gasteiger charge is -2.12. The molecule has 0 aliphatic carbocycles. The summed E-state index contributed by atoms with van der Waals surface area (Å²) in [6.07, 6.45) is -3.84. The van der Waals surface area contributed by atoms with Gasteiger partial charge < -0.3 is 15.8 Å². The first-order valence-electron chi connectivity index (χ1n) is 11.8. The molecule has 0 spiro atoms. The maximum absolute atomic E-state index is 14.0. The average molecular weight is 560 g/mol. The van der Waals surface area contributed by atoms with Crippen molar-refractivity contribution in [1.82, 2.24) is 14.6 Å². The number of halogens is 3. The highest BCUT2D eigenvalue weighted by atomic mass is 32.1.